The number of benzene rings is 1. The van der Waals surface area contributed by atoms with Crippen molar-refractivity contribution in [3.8, 4) is 0 Å². The normalized spacial score (nSPS) is 11.9. The summed E-state index contributed by atoms with van der Waals surface area (Å²) in [5.41, 5.74) is 0.0611. The topological polar surface area (TPSA) is 233 Å². The van der Waals surface area contributed by atoms with Crippen molar-refractivity contribution in [3.63, 3.8) is 0 Å². The van der Waals surface area contributed by atoms with Gasteiger partial charge in [-0.3, -0.25) is 24.4 Å². The van der Waals surface area contributed by atoms with Gasteiger partial charge in [0.25, 0.3) is 0 Å². The molecule has 0 atom stereocenters. The molecule has 1 aromatic carbocycles. The molecule has 0 heterocycles. The molecule has 1 rings (SSSR count). The van der Waals surface area contributed by atoms with Crippen molar-refractivity contribution in [3.05, 3.63) is 35.4 Å². The van der Waals surface area contributed by atoms with Crippen molar-refractivity contribution in [1.29, 1.82) is 0 Å². The van der Waals surface area contributed by atoms with Gasteiger partial charge in [-0.15, -0.1) is 0 Å². The molecule has 0 aliphatic heterocycles. The lowest BCUT2D eigenvalue weighted by Gasteiger charge is -2.29. The summed E-state index contributed by atoms with van der Waals surface area (Å²) in [4.78, 5) is 38.8. The number of nitrogens with one attached hydrogen (secondary N) is 2. The van der Waals surface area contributed by atoms with Crippen molar-refractivity contribution in [2.24, 2.45) is 9.98 Å². The monoisotopic (exact) mass is 642 g/mol. The zero-order valence-electron chi connectivity index (χ0n) is 26.2. The Morgan fingerprint density at radius 2 is 1.24 bits per heavy atom. The zero-order valence-corrected chi connectivity index (χ0v) is 26.2. The van der Waals surface area contributed by atoms with E-state index in [1.807, 2.05) is 0 Å². The maximum atomic E-state index is 11.9. The molecule has 0 amide bonds. The summed E-state index contributed by atoms with van der Waals surface area (Å²) in [6.45, 7) is 9.45. The zero-order chi connectivity index (χ0) is 33.8. The van der Waals surface area contributed by atoms with Gasteiger partial charge < -0.3 is 54.7 Å². The largest absolute Gasteiger partial charge is 0.858 e. The fourth-order valence-corrected chi connectivity index (χ4v) is 2.91. The van der Waals surface area contributed by atoms with Crippen molar-refractivity contribution in [1.82, 2.24) is 10.6 Å². The third-order valence-corrected chi connectivity index (χ3v) is 4.82. The second-order valence-electron chi connectivity index (χ2n) is 9.84. The van der Waals surface area contributed by atoms with Gasteiger partial charge in [0.05, 0.1) is 79.0 Å². The van der Waals surface area contributed by atoms with Crippen LogP contribution in [-0.4, -0.2) is 138 Å². The van der Waals surface area contributed by atoms with Crippen molar-refractivity contribution in [2.75, 3.05) is 92.1 Å². The van der Waals surface area contributed by atoms with E-state index in [2.05, 4.69) is 20.6 Å². The van der Waals surface area contributed by atoms with E-state index in [1.165, 1.54) is 0 Å². The van der Waals surface area contributed by atoms with Crippen LogP contribution in [0.25, 0.3) is 0 Å². The first-order valence-electron chi connectivity index (χ1n) is 14.3. The summed E-state index contributed by atoms with van der Waals surface area (Å²) in [5, 5.41) is 45.2. The Balaban J connectivity index is 0.000000870. The van der Waals surface area contributed by atoms with Crippen LogP contribution in [0.4, 0.5) is 0 Å². The maximum absolute atomic E-state index is 11.9. The Morgan fingerprint density at radius 1 is 0.778 bits per heavy atom. The van der Waals surface area contributed by atoms with Crippen molar-refractivity contribution >= 4 is 30.2 Å². The molecule has 1 aromatic rings. The van der Waals surface area contributed by atoms with Gasteiger partial charge in [-0.05, 0) is 11.5 Å². The molecule has 45 heavy (non-hydrogen) atoms. The minimum absolute atomic E-state index is 0.0774. The number of nitrogens with zero attached hydrogens (tertiary/aromatic N) is 2. The van der Waals surface area contributed by atoms with Crippen LogP contribution in [0.2, 0.25) is 0 Å². The predicted octanol–water partition coefficient (Wildman–Crippen LogP) is -1.46. The van der Waals surface area contributed by atoms with E-state index in [0.717, 1.165) is 0 Å². The molecule has 256 valence electrons. The average Bonchev–Trinajstić information content (AvgIpc) is 2.97. The first-order valence-corrected chi connectivity index (χ1v) is 14.3. The van der Waals surface area contributed by atoms with E-state index in [4.69, 9.17) is 33.9 Å². The molecule has 0 radical (unpaired) electrons. The molecule has 0 aromatic heterocycles. The van der Waals surface area contributed by atoms with Gasteiger partial charge in [0.15, 0.2) is 6.29 Å². The number of aliphatic imine (C=N–C) groups is 2. The third kappa shape index (κ3) is 27.6. The number of carbonyl (C=O) groups is 3. The van der Waals surface area contributed by atoms with Crippen LogP contribution in [0.3, 0.4) is 0 Å². The minimum Gasteiger partial charge on any atom is -0.858 e. The van der Waals surface area contributed by atoms with E-state index in [0.29, 0.717) is 71.2 Å². The second kappa shape index (κ2) is 26.7. The Hall–Kier alpha value is -3.67. The average molecular weight is 643 g/mol. The van der Waals surface area contributed by atoms with Crippen LogP contribution in [-0.2, 0) is 33.3 Å². The second-order valence-corrected chi connectivity index (χ2v) is 9.84. The molecule has 0 saturated carbocycles. The smallest absolute Gasteiger partial charge is 0.317 e. The van der Waals surface area contributed by atoms with E-state index < -0.39 is 29.5 Å². The molecule has 16 heteroatoms. The lowest BCUT2D eigenvalue weighted by Crippen LogP contribution is -2.32. The molecule has 0 spiro atoms. The Kier molecular flexibility index (Phi) is 24.5. The van der Waals surface area contributed by atoms with Gasteiger partial charge >= 0.3 is 11.9 Å². The minimum atomic E-state index is -0.910. The summed E-state index contributed by atoms with van der Waals surface area (Å²) in [6, 6.07) is 6.48. The standard InChI is InChI=1S/C16H22N2O6.C13H26N2O6/c19-12-13-3-1-2-4-14(13)16(22)18-6-8-24-10-9-23-7-5-17-11-15(20)21;1-13(2,3)21-12(18)15-5-7-20-9-8-19-6-4-14-10-11(16)17/h1-4,12,17H,5-11H2,(H,18,22)(H,20,21);14H,4-10H2,1-3H3,(H,15,18)(H,16,17)/p-2. The molecule has 16 nitrogen and oxygen atoms in total. The number of rotatable bonds is 24. The number of ether oxygens (including phenoxy) is 5. The van der Waals surface area contributed by atoms with Crippen LogP contribution in [0.1, 0.15) is 36.7 Å². The summed E-state index contributed by atoms with van der Waals surface area (Å²) in [5.74, 6) is -2.25. The molecule has 0 aliphatic carbocycles. The highest BCUT2D eigenvalue weighted by atomic mass is 16.6. The highest BCUT2D eigenvalue weighted by molar-refractivity contribution is 5.98. The van der Waals surface area contributed by atoms with Crippen LogP contribution in [0, 0.1) is 0 Å². The van der Waals surface area contributed by atoms with Gasteiger partial charge in [0, 0.05) is 24.3 Å². The van der Waals surface area contributed by atoms with E-state index in [-0.39, 0.29) is 38.3 Å². The van der Waals surface area contributed by atoms with Crippen LogP contribution in [0.5, 0.6) is 0 Å². The van der Waals surface area contributed by atoms with Crippen molar-refractivity contribution < 1.29 is 58.5 Å². The fraction of sp³-hybridized carbons (Fsp3) is 0.621. The predicted molar refractivity (Wildman–Crippen MR) is 161 cm³/mol. The summed E-state index contributed by atoms with van der Waals surface area (Å²) in [6.07, 6.45) is 0.0360. The van der Waals surface area contributed by atoms with Crippen LogP contribution in [0.15, 0.2) is 34.3 Å². The first kappa shape index (κ1) is 41.3. The Morgan fingerprint density at radius 3 is 1.71 bits per heavy atom. The summed E-state index contributed by atoms with van der Waals surface area (Å²) in [7, 11) is 0. The number of aldehydes is 1. The number of aliphatic carboxylic acids is 2. The molecular formula is C29H46N4O12-2. The number of carboxylic acid groups (broad SMARTS) is 2. The van der Waals surface area contributed by atoms with E-state index in [9.17, 15) is 24.6 Å². The molecule has 4 N–H and O–H groups in total. The lowest BCUT2D eigenvalue weighted by molar-refractivity contribution is -0.260. The summed E-state index contributed by atoms with van der Waals surface area (Å²) >= 11 is 0. The maximum Gasteiger partial charge on any atom is 0.317 e. The number of carbonyl (C=O) groups excluding carboxylic acids is 1. The third-order valence-electron chi connectivity index (χ3n) is 4.82. The highest BCUT2D eigenvalue weighted by Crippen LogP contribution is 2.06. The first-order chi connectivity index (χ1) is 21.5. The molecule has 0 saturated heterocycles. The van der Waals surface area contributed by atoms with Gasteiger partial charge in [0.2, 0.25) is 0 Å². The quantitative estimate of drug-likeness (QED) is 0.0437. The van der Waals surface area contributed by atoms with Gasteiger partial charge in [-0.1, -0.05) is 45.0 Å². The van der Waals surface area contributed by atoms with Gasteiger partial charge in [-0.2, -0.15) is 0 Å². The Bertz CT molecular complexity index is 1020. The van der Waals surface area contributed by atoms with E-state index >= 15 is 0 Å². The van der Waals surface area contributed by atoms with Crippen molar-refractivity contribution in [2.45, 2.75) is 26.4 Å². The van der Waals surface area contributed by atoms with Crippen LogP contribution >= 0.6 is 0 Å². The molecule has 0 aliphatic rings. The van der Waals surface area contributed by atoms with Gasteiger partial charge in [0.1, 0.15) is 6.08 Å². The number of hydrogen-bond donors (Lipinski definition) is 4. The Labute approximate surface area is 263 Å². The van der Waals surface area contributed by atoms with Gasteiger partial charge in [-0.25, -0.2) is 0 Å². The number of hydrogen-bond acceptors (Lipinski definition) is 14. The lowest BCUT2D eigenvalue weighted by atomic mass is 10.1. The fourth-order valence-electron chi connectivity index (χ4n) is 2.91. The molecule has 0 fully saturated rings. The molecular weight excluding hydrogens is 596 g/mol. The number of carboxylic acids is 2. The highest BCUT2D eigenvalue weighted by Gasteiger charge is 2.04. The SMILES string of the molecule is CC(C)(C)OC([O-])=NCCOCCOCCNCC(=O)O.O=Cc1ccccc1C([O-])=NCCOCCOCCNCC(=O)O. The summed E-state index contributed by atoms with van der Waals surface area (Å²) < 4.78 is 25.9. The molecule has 0 bridgehead atoms. The molecule has 0 unspecified atom stereocenters. The van der Waals surface area contributed by atoms with E-state index in [1.54, 1.807) is 45.0 Å². The van der Waals surface area contributed by atoms with Crippen LogP contribution < -0.4 is 20.8 Å².